The number of aliphatic imine (C=N–C) groups is 1. The van der Waals surface area contributed by atoms with E-state index in [1.54, 1.807) is 6.20 Å². The first-order chi connectivity index (χ1) is 11.2. The molecule has 130 valence electrons. The number of guanidine groups is 1. The minimum atomic E-state index is -0.324. The Bertz CT molecular complexity index is 668. The number of rotatable bonds is 7. The Morgan fingerprint density at radius 3 is 2.38 bits per heavy atom. The highest BCUT2D eigenvalue weighted by Crippen LogP contribution is 2.30. The molecule has 0 saturated heterocycles. The average Bonchev–Trinajstić information content (AvgIpc) is 3.00. The van der Waals surface area contributed by atoms with Gasteiger partial charge in [0.1, 0.15) is 11.4 Å². The maximum Gasteiger partial charge on any atom is 0.186 e. The first kappa shape index (κ1) is 17.8. The van der Waals surface area contributed by atoms with Crippen molar-refractivity contribution in [2.45, 2.75) is 51.8 Å². The third-order valence-electron chi connectivity index (χ3n) is 3.82. The molecular weight excluding hydrogens is 302 g/mol. The highest BCUT2D eigenvalue weighted by Gasteiger charge is 2.31. The van der Waals surface area contributed by atoms with Crippen LogP contribution in [0.1, 0.15) is 39.7 Å². The number of aromatic nitrogens is 2. The van der Waals surface area contributed by atoms with E-state index in [-0.39, 0.29) is 17.1 Å². The molecule has 1 heterocycles. The fraction of sp³-hybridized carbons (Fsp3) is 0.444. The molecule has 1 aromatic heterocycles. The molecule has 0 saturated carbocycles. The lowest BCUT2D eigenvalue weighted by molar-refractivity contribution is 0.0595. The van der Waals surface area contributed by atoms with Crippen molar-refractivity contribution in [1.29, 1.82) is 0 Å². The Balaban J connectivity index is 2.02. The lowest BCUT2D eigenvalue weighted by Crippen LogP contribution is -2.39. The summed E-state index contributed by atoms with van der Waals surface area (Å²) < 4.78 is 8.30. The van der Waals surface area contributed by atoms with Crippen LogP contribution in [-0.2, 0) is 12.1 Å². The van der Waals surface area contributed by atoms with Crippen molar-refractivity contribution in [2.24, 2.45) is 16.5 Å². The number of imidazole rings is 1. The van der Waals surface area contributed by atoms with Gasteiger partial charge in [-0.2, -0.15) is 0 Å². The molecule has 0 fully saturated rings. The molecule has 0 aliphatic heterocycles. The van der Waals surface area contributed by atoms with E-state index < -0.39 is 0 Å². The summed E-state index contributed by atoms with van der Waals surface area (Å²) in [6.45, 7) is 9.02. The standard InChI is InChI=1S/C18H27N5O/c1-17(2,23-10-9-21-13-23)12-18(3,4)24-15-7-5-14(6-8-15)11-22-16(19)20/h5-10,13H,11-12H2,1-4H3,(H4,19,20,22). The van der Waals surface area contributed by atoms with Gasteiger partial charge in [0, 0.05) is 24.4 Å². The van der Waals surface area contributed by atoms with E-state index in [1.807, 2.05) is 36.8 Å². The number of hydrogen-bond acceptors (Lipinski definition) is 3. The van der Waals surface area contributed by atoms with Crippen molar-refractivity contribution in [2.75, 3.05) is 0 Å². The van der Waals surface area contributed by atoms with Crippen LogP contribution in [0.25, 0.3) is 0 Å². The molecule has 0 spiro atoms. The van der Waals surface area contributed by atoms with Crippen LogP contribution in [-0.4, -0.2) is 21.1 Å². The molecule has 2 rings (SSSR count). The number of benzene rings is 1. The molecule has 1 aromatic carbocycles. The Kier molecular flexibility index (Phi) is 5.17. The van der Waals surface area contributed by atoms with Crippen LogP contribution in [0, 0.1) is 0 Å². The normalized spacial score (nSPS) is 12.0. The van der Waals surface area contributed by atoms with Crippen molar-refractivity contribution in [3.8, 4) is 5.75 Å². The Hall–Kier alpha value is -2.50. The number of nitrogens with two attached hydrogens (primary N) is 2. The average molecular weight is 329 g/mol. The zero-order valence-electron chi connectivity index (χ0n) is 14.9. The predicted octanol–water partition coefficient (Wildman–Crippen LogP) is 2.64. The van der Waals surface area contributed by atoms with Crippen molar-refractivity contribution in [1.82, 2.24) is 9.55 Å². The summed E-state index contributed by atoms with van der Waals surface area (Å²) in [5.41, 5.74) is 11.3. The lowest BCUT2D eigenvalue weighted by Gasteiger charge is -2.36. The first-order valence-corrected chi connectivity index (χ1v) is 8.00. The summed E-state index contributed by atoms with van der Waals surface area (Å²) in [6.07, 6.45) is 6.46. The van der Waals surface area contributed by atoms with Gasteiger partial charge in [-0.1, -0.05) is 12.1 Å². The van der Waals surface area contributed by atoms with Gasteiger partial charge in [0.2, 0.25) is 0 Å². The van der Waals surface area contributed by atoms with E-state index in [0.29, 0.717) is 6.54 Å². The van der Waals surface area contributed by atoms with Gasteiger partial charge in [-0.25, -0.2) is 9.98 Å². The molecule has 0 aliphatic rings. The maximum atomic E-state index is 6.20. The molecule has 0 atom stereocenters. The molecule has 0 bridgehead atoms. The summed E-state index contributed by atoms with van der Waals surface area (Å²) in [5.74, 6) is 0.924. The second-order valence-corrected chi connectivity index (χ2v) is 7.21. The van der Waals surface area contributed by atoms with Gasteiger partial charge in [-0.15, -0.1) is 0 Å². The SMILES string of the molecule is CC(C)(CC(C)(C)n1ccnc1)Oc1ccc(CN=C(N)N)cc1. The molecule has 4 N–H and O–H groups in total. The van der Waals surface area contributed by atoms with Gasteiger partial charge >= 0.3 is 0 Å². The van der Waals surface area contributed by atoms with E-state index in [2.05, 4.69) is 42.2 Å². The number of ether oxygens (including phenoxy) is 1. The van der Waals surface area contributed by atoms with Crippen LogP contribution in [0.3, 0.4) is 0 Å². The van der Waals surface area contributed by atoms with Gasteiger partial charge in [-0.3, -0.25) is 0 Å². The summed E-state index contributed by atoms with van der Waals surface area (Å²) in [4.78, 5) is 8.13. The highest BCUT2D eigenvalue weighted by molar-refractivity contribution is 5.75. The molecule has 6 nitrogen and oxygen atoms in total. The molecule has 0 unspecified atom stereocenters. The molecule has 0 aliphatic carbocycles. The molecule has 0 radical (unpaired) electrons. The van der Waals surface area contributed by atoms with Crippen LogP contribution in [0.2, 0.25) is 0 Å². The summed E-state index contributed by atoms with van der Waals surface area (Å²) in [7, 11) is 0. The van der Waals surface area contributed by atoms with Crippen LogP contribution < -0.4 is 16.2 Å². The predicted molar refractivity (Wildman–Crippen MR) is 96.8 cm³/mol. The monoisotopic (exact) mass is 329 g/mol. The summed E-state index contributed by atoms with van der Waals surface area (Å²) in [6, 6.07) is 7.84. The third kappa shape index (κ3) is 5.01. The second kappa shape index (κ2) is 6.95. The van der Waals surface area contributed by atoms with Crippen molar-refractivity contribution in [3.63, 3.8) is 0 Å². The third-order valence-corrected chi connectivity index (χ3v) is 3.82. The quantitative estimate of drug-likeness (QED) is 0.603. The van der Waals surface area contributed by atoms with Gasteiger partial charge < -0.3 is 20.8 Å². The van der Waals surface area contributed by atoms with Crippen LogP contribution in [0.15, 0.2) is 48.0 Å². The van der Waals surface area contributed by atoms with Gasteiger partial charge in [-0.05, 0) is 45.4 Å². The minimum absolute atomic E-state index is 0.0900. The van der Waals surface area contributed by atoms with Crippen molar-refractivity contribution in [3.05, 3.63) is 48.5 Å². The van der Waals surface area contributed by atoms with Crippen LogP contribution in [0.5, 0.6) is 5.75 Å². The van der Waals surface area contributed by atoms with E-state index in [9.17, 15) is 0 Å². The van der Waals surface area contributed by atoms with Gasteiger partial charge in [0.25, 0.3) is 0 Å². The zero-order valence-corrected chi connectivity index (χ0v) is 14.9. The Morgan fingerprint density at radius 2 is 1.83 bits per heavy atom. The highest BCUT2D eigenvalue weighted by atomic mass is 16.5. The van der Waals surface area contributed by atoms with E-state index in [0.717, 1.165) is 17.7 Å². The maximum absolute atomic E-state index is 6.20. The lowest BCUT2D eigenvalue weighted by atomic mass is 9.89. The smallest absolute Gasteiger partial charge is 0.186 e. The molecule has 24 heavy (non-hydrogen) atoms. The Morgan fingerprint density at radius 1 is 1.17 bits per heavy atom. The molecule has 6 heteroatoms. The molecule has 2 aromatic rings. The number of nitrogens with zero attached hydrogens (tertiary/aromatic N) is 3. The fourth-order valence-electron chi connectivity index (χ4n) is 2.95. The van der Waals surface area contributed by atoms with Crippen LogP contribution >= 0.6 is 0 Å². The van der Waals surface area contributed by atoms with Gasteiger partial charge in [0.15, 0.2) is 5.96 Å². The van der Waals surface area contributed by atoms with E-state index >= 15 is 0 Å². The first-order valence-electron chi connectivity index (χ1n) is 8.00. The van der Waals surface area contributed by atoms with E-state index in [4.69, 9.17) is 16.2 Å². The van der Waals surface area contributed by atoms with Crippen molar-refractivity contribution >= 4 is 5.96 Å². The fourth-order valence-corrected chi connectivity index (χ4v) is 2.95. The topological polar surface area (TPSA) is 91.4 Å². The van der Waals surface area contributed by atoms with Crippen molar-refractivity contribution < 1.29 is 4.74 Å². The number of hydrogen-bond donors (Lipinski definition) is 2. The molecule has 0 amide bonds. The zero-order chi connectivity index (χ0) is 17.8. The van der Waals surface area contributed by atoms with Crippen LogP contribution in [0.4, 0.5) is 0 Å². The Labute approximate surface area is 143 Å². The second-order valence-electron chi connectivity index (χ2n) is 7.21. The van der Waals surface area contributed by atoms with Gasteiger partial charge in [0.05, 0.1) is 12.9 Å². The summed E-state index contributed by atoms with van der Waals surface area (Å²) >= 11 is 0. The largest absolute Gasteiger partial charge is 0.488 e. The molecular formula is C18H27N5O. The minimum Gasteiger partial charge on any atom is -0.488 e. The summed E-state index contributed by atoms with van der Waals surface area (Å²) in [5, 5.41) is 0. The van der Waals surface area contributed by atoms with E-state index in [1.165, 1.54) is 0 Å².